The molecule has 3 unspecified atom stereocenters. The van der Waals surface area contributed by atoms with Gasteiger partial charge in [0.15, 0.2) is 5.96 Å². The van der Waals surface area contributed by atoms with Crippen LogP contribution in [0.5, 0.6) is 0 Å². The lowest BCUT2D eigenvalue weighted by molar-refractivity contribution is -0.114. The molecule has 3 atom stereocenters. The van der Waals surface area contributed by atoms with Crippen LogP contribution < -0.4 is 11.1 Å². The number of fused-ring (bicyclic) bond motifs is 1. The van der Waals surface area contributed by atoms with E-state index in [0.29, 0.717) is 37.7 Å². The molecule has 0 spiro atoms. The molecule has 3 rings (SSSR count). The van der Waals surface area contributed by atoms with E-state index >= 15 is 0 Å². The van der Waals surface area contributed by atoms with E-state index in [1.54, 1.807) is 4.90 Å². The van der Waals surface area contributed by atoms with Gasteiger partial charge in [-0.05, 0) is 38.0 Å². The molecule has 2 heterocycles. The SMILES string of the molecule is N=C(N)N1CC=C(CCNC(=O)C2=NC3CC(O)CCC3C2)C1. The summed E-state index contributed by atoms with van der Waals surface area (Å²) >= 11 is 0. The van der Waals surface area contributed by atoms with E-state index in [-0.39, 0.29) is 24.0 Å². The van der Waals surface area contributed by atoms with Gasteiger partial charge in [-0.1, -0.05) is 11.6 Å². The highest BCUT2D eigenvalue weighted by Crippen LogP contribution is 2.34. The summed E-state index contributed by atoms with van der Waals surface area (Å²) in [4.78, 5) is 18.5. The van der Waals surface area contributed by atoms with Gasteiger partial charge in [0.25, 0.3) is 5.91 Å². The number of nitrogens with two attached hydrogens (primary N) is 1. The van der Waals surface area contributed by atoms with Crippen LogP contribution in [0, 0.1) is 11.3 Å². The number of hydrogen-bond donors (Lipinski definition) is 4. The fourth-order valence-electron chi connectivity index (χ4n) is 3.65. The topological polar surface area (TPSA) is 115 Å². The average molecular weight is 319 g/mol. The number of guanidine groups is 1. The van der Waals surface area contributed by atoms with E-state index in [2.05, 4.69) is 16.4 Å². The van der Waals surface area contributed by atoms with Crippen LogP contribution in [0.4, 0.5) is 0 Å². The summed E-state index contributed by atoms with van der Waals surface area (Å²) in [5.41, 5.74) is 7.30. The van der Waals surface area contributed by atoms with Crippen LogP contribution in [0.15, 0.2) is 16.6 Å². The molecule has 1 fully saturated rings. The van der Waals surface area contributed by atoms with Gasteiger partial charge < -0.3 is 21.1 Å². The number of nitrogens with one attached hydrogen (secondary N) is 2. The lowest BCUT2D eigenvalue weighted by atomic mass is 9.83. The van der Waals surface area contributed by atoms with Gasteiger partial charge in [-0.25, -0.2) is 0 Å². The van der Waals surface area contributed by atoms with Crippen LogP contribution in [0.2, 0.25) is 0 Å². The standard InChI is InChI=1S/C16H25N5O2/c17-16(18)21-6-4-10(9-21)3-5-19-15(23)14-7-11-1-2-12(22)8-13(11)20-14/h4,11-13,22H,1-3,5-9H2,(H3,17,18)(H,19,23). The molecule has 0 aromatic carbocycles. The van der Waals surface area contributed by atoms with Crippen molar-refractivity contribution in [3.63, 3.8) is 0 Å². The smallest absolute Gasteiger partial charge is 0.265 e. The van der Waals surface area contributed by atoms with Crippen molar-refractivity contribution in [1.82, 2.24) is 10.2 Å². The Labute approximate surface area is 136 Å². The van der Waals surface area contributed by atoms with Crippen LogP contribution in [0.3, 0.4) is 0 Å². The van der Waals surface area contributed by atoms with Crippen molar-refractivity contribution in [3.05, 3.63) is 11.6 Å². The third-order valence-corrected chi connectivity index (χ3v) is 5.03. The van der Waals surface area contributed by atoms with Crippen molar-refractivity contribution in [2.45, 2.75) is 44.2 Å². The monoisotopic (exact) mass is 319 g/mol. The largest absolute Gasteiger partial charge is 0.393 e. The molecule has 1 aliphatic carbocycles. The third-order valence-electron chi connectivity index (χ3n) is 5.03. The predicted molar refractivity (Wildman–Crippen MR) is 88.4 cm³/mol. The van der Waals surface area contributed by atoms with Gasteiger partial charge in [-0.15, -0.1) is 0 Å². The molecule has 23 heavy (non-hydrogen) atoms. The summed E-state index contributed by atoms with van der Waals surface area (Å²) in [6.45, 7) is 1.93. The maximum atomic E-state index is 12.2. The van der Waals surface area contributed by atoms with Gasteiger partial charge in [-0.3, -0.25) is 15.2 Å². The number of nitrogens with zero attached hydrogens (tertiary/aromatic N) is 2. The van der Waals surface area contributed by atoms with E-state index in [4.69, 9.17) is 11.1 Å². The molecule has 1 saturated carbocycles. The number of aliphatic hydroxyl groups excluding tert-OH is 1. The Balaban J connectivity index is 1.42. The molecule has 2 aliphatic heterocycles. The minimum atomic E-state index is -0.263. The molecule has 5 N–H and O–H groups in total. The van der Waals surface area contributed by atoms with Gasteiger partial charge in [-0.2, -0.15) is 0 Å². The Morgan fingerprint density at radius 3 is 3.09 bits per heavy atom. The van der Waals surface area contributed by atoms with Crippen molar-refractivity contribution in [1.29, 1.82) is 5.41 Å². The van der Waals surface area contributed by atoms with Crippen molar-refractivity contribution in [2.75, 3.05) is 19.6 Å². The Kier molecular flexibility index (Phi) is 4.66. The number of carbonyl (C=O) groups is 1. The number of amides is 1. The maximum Gasteiger partial charge on any atom is 0.265 e. The fraction of sp³-hybridized carbons (Fsp3) is 0.688. The normalized spacial score (nSPS) is 29.8. The second-order valence-electron chi connectivity index (χ2n) is 6.71. The quantitative estimate of drug-likeness (QED) is 0.332. The zero-order valence-corrected chi connectivity index (χ0v) is 13.3. The molecular weight excluding hydrogens is 294 g/mol. The first-order valence-electron chi connectivity index (χ1n) is 8.32. The van der Waals surface area contributed by atoms with Crippen molar-refractivity contribution < 1.29 is 9.90 Å². The molecule has 0 bridgehead atoms. The summed E-state index contributed by atoms with van der Waals surface area (Å²) in [6.07, 6.45) is 5.79. The lowest BCUT2D eigenvalue weighted by Gasteiger charge is -2.26. The highest BCUT2D eigenvalue weighted by atomic mass is 16.3. The molecule has 0 radical (unpaired) electrons. The van der Waals surface area contributed by atoms with Gasteiger partial charge in [0.05, 0.1) is 12.1 Å². The van der Waals surface area contributed by atoms with Crippen LogP contribution >= 0.6 is 0 Å². The Morgan fingerprint density at radius 2 is 2.35 bits per heavy atom. The van der Waals surface area contributed by atoms with Gasteiger partial charge >= 0.3 is 0 Å². The maximum absolute atomic E-state index is 12.2. The first-order valence-corrected chi connectivity index (χ1v) is 8.32. The van der Waals surface area contributed by atoms with Gasteiger partial charge in [0.2, 0.25) is 0 Å². The number of aliphatic hydroxyl groups is 1. The Morgan fingerprint density at radius 1 is 1.52 bits per heavy atom. The second kappa shape index (κ2) is 6.70. The van der Waals surface area contributed by atoms with Crippen LogP contribution in [-0.2, 0) is 4.79 Å². The summed E-state index contributed by atoms with van der Waals surface area (Å²) < 4.78 is 0. The number of carbonyl (C=O) groups excluding carboxylic acids is 1. The molecule has 7 heteroatoms. The Bertz CT molecular complexity index is 557. The number of rotatable bonds is 4. The Hall–Kier alpha value is -1.89. The van der Waals surface area contributed by atoms with E-state index in [1.165, 1.54) is 5.57 Å². The molecule has 126 valence electrons. The van der Waals surface area contributed by atoms with Crippen LogP contribution in [0.1, 0.15) is 32.1 Å². The molecule has 0 aromatic rings. The van der Waals surface area contributed by atoms with Crippen molar-refractivity contribution in [3.8, 4) is 0 Å². The van der Waals surface area contributed by atoms with Gasteiger partial charge in [0, 0.05) is 19.6 Å². The third kappa shape index (κ3) is 3.72. The molecule has 0 aromatic heterocycles. The van der Waals surface area contributed by atoms with E-state index in [9.17, 15) is 9.90 Å². The molecular formula is C16H25N5O2. The van der Waals surface area contributed by atoms with Crippen molar-refractivity contribution >= 4 is 17.6 Å². The fourth-order valence-corrected chi connectivity index (χ4v) is 3.65. The minimum Gasteiger partial charge on any atom is -0.393 e. The molecule has 3 aliphatic rings. The number of hydrogen-bond acceptors (Lipinski definition) is 4. The number of aliphatic imine (C=N–C) groups is 1. The second-order valence-corrected chi connectivity index (χ2v) is 6.71. The average Bonchev–Trinajstić information content (AvgIpc) is 3.13. The zero-order chi connectivity index (χ0) is 16.4. The van der Waals surface area contributed by atoms with Crippen molar-refractivity contribution in [2.24, 2.45) is 16.6 Å². The van der Waals surface area contributed by atoms with Crippen LogP contribution in [0.25, 0.3) is 0 Å². The first kappa shape index (κ1) is 16.0. The summed E-state index contributed by atoms with van der Waals surface area (Å²) in [7, 11) is 0. The van der Waals surface area contributed by atoms with E-state index in [1.807, 2.05) is 0 Å². The van der Waals surface area contributed by atoms with Crippen LogP contribution in [-0.4, -0.2) is 59.4 Å². The summed E-state index contributed by atoms with van der Waals surface area (Å²) in [5, 5.41) is 20.0. The zero-order valence-electron chi connectivity index (χ0n) is 13.3. The predicted octanol–water partition coefficient (Wildman–Crippen LogP) is 0.00247. The highest BCUT2D eigenvalue weighted by molar-refractivity contribution is 6.39. The molecule has 1 amide bonds. The van der Waals surface area contributed by atoms with E-state index in [0.717, 1.165) is 25.7 Å². The first-order chi connectivity index (χ1) is 11.0. The highest BCUT2D eigenvalue weighted by Gasteiger charge is 2.36. The minimum absolute atomic E-state index is 0.0732. The van der Waals surface area contributed by atoms with Gasteiger partial charge in [0.1, 0.15) is 5.71 Å². The summed E-state index contributed by atoms with van der Waals surface area (Å²) in [6, 6.07) is 0.126. The molecule has 0 saturated heterocycles. The summed E-state index contributed by atoms with van der Waals surface area (Å²) in [5.74, 6) is 0.446. The van der Waals surface area contributed by atoms with E-state index < -0.39 is 0 Å². The molecule has 7 nitrogen and oxygen atoms in total. The lowest BCUT2D eigenvalue weighted by Crippen LogP contribution is -2.35.